The van der Waals surface area contributed by atoms with Crippen molar-refractivity contribution in [2.75, 3.05) is 13.1 Å². The van der Waals surface area contributed by atoms with Gasteiger partial charge in [-0.1, -0.05) is 6.92 Å². The van der Waals surface area contributed by atoms with Gasteiger partial charge in [-0.15, -0.1) is 0 Å². The summed E-state index contributed by atoms with van der Waals surface area (Å²) in [7, 11) is 0. The molecule has 0 radical (unpaired) electrons. The molecule has 1 nitrogen and oxygen atoms in total. The third kappa shape index (κ3) is 0.408. The molecule has 0 aromatic carbocycles. The number of fused-ring (bicyclic) bond motifs is 1. The first-order valence-corrected chi connectivity index (χ1v) is 3.52. The molecular formula is C7H13N. The molecule has 1 heterocycles. The van der Waals surface area contributed by atoms with E-state index in [-0.39, 0.29) is 0 Å². The molecule has 1 unspecified atom stereocenters. The van der Waals surface area contributed by atoms with E-state index in [1.54, 1.807) is 0 Å². The molecular weight excluding hydrogens is 98.1 g/mol. The quantitative estimate of drug-likeness (QED) is 0.492. The SMILES string of the molecule is C[C@@]12CCC1CNC2. The van der Waals surface area contributed by atoms with Crippen LogP contribution in [0.2, 0.25) is 0 Å². The fourth-order valence-corrected chi connectivity index (χ4v) is 1.95. The average Bonchev–Trinajstić information content (AvgIpc) is 1.94. The summed E-state index contributed by atoms with van der Waals surface area (Å²) < 4.78 is 0. The standard InChI is InChI=1S/C7H13N/c1-7-3-2-6(7)4-8-5-7/h6,8H,2-5H2,1H3/t6?,7-/m0/s1. The van der Waals surface area contributed by atoms with Crippen LogP contribution in [0.4, 0.5) is 0 Å². The highest BCUT2D eigenvalue weighted by atomic mass is 14.9. The largest absolute Gasteiger partial charge is 0.316 e. The molecule has 0 amide bonds. The molecule has 1 saturated carbocycles. The first-order valence-electron chi connectivity index (χ1n) is 3.52. The van der Waals surface area contributed by atoms with E-state index in [4.69, 9.17) is 0 Å². The smallest absolute Gasteiger partial charge is 0.000841 e. The lowest BCUT2D eigenvalue weighted by Crippen LogP contribution is -2.35. The predicted octanol–water partition coefficient (Wildman–Crippen LogP) is 1.01. The van der Waals surface area contributed by atoms with Crippen molar-refractivity contribution >= 4 is 0 Å². The van der Waals surface area contributed by atoms with Crippen molar-refractivity contribution in [3.8, 4) is 0 Å². The van der Waals surface area contributed by atoms with Gasteiger partial charge >= 0.3 is 0 Å². The summed E-state index contributed by atoms with van der Waals surface area (Å²) in [6.07, 6.45) is 2.94. The lowest BCUT2D eigenvalue weighted by Gasteiger charge is -2.40. The molecule has 1 aliphatic heterocycles. The molecule has 2 aliphatic rings. The minimum atomic E-state index is 0.722. The van der Waals surface area contributed by atoms with Crippen LogP contribution >= 0.6 is 0 Å². The van der Waals surface area contributed by atoms with Gasteiger partial charge in [-0.25, -0.2) is 0 Å². The Bertz CT molecular complexity index is 111. The topological polar surface area (TPSA) is 12.0 Å². The average molecular weight is 111 g/mol. The van der Waals surface area contributed by atoms with Gasteiger partial charge in [-0.2, -0.15) is 0 Å². The van der Waals surface area contributed by atoms with Crippen LogP contribution in [0.5, 0.6) is 0 Å². The molecule has 2 fully saturated rings. The van der Waals surface area contributed by atoms with Crippen LogP contribution < -0.4 is 5.32 Å². The highest BCUT2D eigenvalue weighted by Crippen LogP contribution is 2.48. The van der Waals surface area contributed by atoms with Crippen LogP contribution in [0.25, 0.3) is 0 Å². The van der Waals surface area contributed by atoms with Crippen LogP contribution in [0.1, 0.15) is 19.8 Å². The van der Waals surface area contributed by atoms with Gasteiger partial charge in [0.05, 0.1) is 0 Å². The van der Waals surface area contributed by atoms with E-state index in [1.807, 2.05) is 0 Å². The number of hydrogen-bond donors (Lipinski definition) is 1. The molecule has 2 atom stereocenters. The maximum atomic E-state index is 3.42. The van der Waals surface area contributed by atoms with Crippen molar-refractivity contribution in [2.45, 2.75) is 19.8 Å². The molecule has 1 N–H and O–H groups in total. The minimum absolute atomic E-state index is 0.722. The predicted molar refractivity (Wildman–Crippen MR) is 33.7 cm³/mol. The van der Waals surface area contributed by atoms with Crippen molar-refractivity contribution in [3.05, 3.63) is 0 Å². The second-order valence-electron chi connectivity index (χ2n) is 3.52. The Balaban J connectivity index is 2.14. The van der Waals surface area contributed by atoms with E-state index in [1.165, 1.54) is 25.9 Å². The summed E-state index contributed by atoms with van der Waals surface area (Å²) in [6, 6.07) is 0. The summed E-state index contributed by atoms with van der Waals surface area (Å²) in [6.45, 7) is 4.97. The summed E-state index contributed by atoms with van der Waals surface area (Å²) in [4.78, 5) is 0. The molecule has 46 valence electrons. The van der Waals surface area contributed by atoms with Crippen LogP contribution in [-0.4, -0.2) is 13.1 Å². The van der Waals surface area contributed by atoms with Crippen LogP contribution in [0, 0.1) is 11.3 Å². The van der Waals surface area contributed by atoms with E-state index >= 15 is 0 Å². The van der Waals surface area contributed by atoms with E-state index in [0.29, 0.717) is 0 Å². The van der Waals surface area contributed by atoms with E-state index in [9.17, 15) is 0 Å². The molecule has 2 rings (SSSR count). The third-order valence-corrected chi connectivity index (χ3v) is 2.97. The Morgan fingerprint density at radius 2 is 2.50 bits per heavy atom. The van der Waals surface area contributed by atoms with Crippen LogP contribution in [0.3, 0.4) is 0 Å². The molecule has 0 aromatic rings. The summed E-state index contributed by atoms with van der Waals surface area (Å²) in [5.74, 6) is 1.03. The fraction of sp³-hybridized carbons (Fsp3) is 1.00. The lowest BCUT2D eigenvalue weighted by molar-refractivity contribution is 0.110. The van der Waals surface area contributed by atoms with Crippen molar-refractivity contribution in [2.24, 2.45) is 11.3 Å². The second kappa shape index (κ2) is 1.27. The zero-order chi connectivity index (χ0) is 5.61. The summed E-state index contributed by atoms with van der Waals surface area (Å²) >= 11 is 0. The van der Waals surface area contributed by atoms with E-state index in [0.717, 1.165) is 11.3 Å². The Kier molecular flexibility index (Phi) is 0.762. The normalized spacial score (nSPS) is 52.9. The van der Waals surface area contributed by atoms with Gasteiger partial charge in [0, 0.05) is 6.54 Å². The van der Waals surface area contributed by atoms with Crippen molar-refractivity contribution < 1.29 is 0 Å². The van der Waals surface area contributed by atoms with Gasteiger partial charge in [0.25, 0.3) is 0 Å². The Hall–Kier alpha value is -0.0400. The molecule has 1 heteroatoms. The monoisotopic (exact) mass is 111 g/mol. The number of nitrogens with one attached hydrogen (secondary N) is 1. The van der Waals surface area contributed by atoms with Gasteiger partial charge < -0.3 is 5.32 Å². The van der Waals surface area contributed by atoms with E-state index < -0.39 is 0 Å². The molecule has 8 heavy (non-hydrogen) atoms. The minimum Gasteiger partial charge on any atom is -0.316 e. The van der Waals surface area contributed by atoms with Gasteiger partial charge in [-0.05, 0) is 30.7 Å². The van der Waals surface area contributed by atoms with Crippen LogP contribution in [0.15, 0.2) is 0 Å². The molecule has 0 aromatic heterocycles. The van der Waals surface area contributed by atoms with Gasteiger partial charge in [0.1, 0.15) is 0 Å². The number of hydrogen-bond acceptors (Lipinski definition) is 1. The van der Waals surface area contributed by atoms with Crippen LogP contribution in [-0.2, 0) is 0 Å². The maximum absolute atomic E-state index is 3.42. The Morgan fingerprint density at radius 3 is 2.75 bits per heavy atom. The van der Waals surface area contributed by atoms with Crippen molar-refractivity contribution in [1.29, 1.82) is 0 Å². The third-order valence-electron chi connectivity index (χ3n) is 2.97. The zero-order valence-corrected chi connectivity index (χ0v) is 5.41. The molecule has 0 spiro atoms. The Labute approximate surface area is 50.5 Å². The van der Waals surface area contributed by atoms with Gasteiger partial charge in [0.2, 0.25) is 0 Å². The van der Waals surface area contributed by atoms with Gasteiger partial charge in [-0.3, -0.25) is 0 Å². The maximum Gasteiger partial charge on any atom is 0.000841 e. The van der Waals surface area contributed by atoms with Crippen molar-refractivity contribution in [1.82, 2.24) is 5.32 Å². The Morgan fingerprint density at radius 1 is 1.62 bits per heavy atom. The highest BCUT2D eigenvalue weighted by molar-refractivity contribution is 4.99. The zero-order valence-electron chi connectivity index (χ0n) is 5.41. The first-order chi connectivity index (χ1) is 3.81. The fourth-order valence-electron chi connectivity index (χ4n) is 1.95. The van der Waals surface area contributed by atoms with E-state index in [2.05, 4.69) is 12.2 Å². The molecule has 1 aliphatic carbocycles. The first kappa shape index (κ1) is 4.80. The molecule has 1 saturated heterocycles. The summed E-state index contributed by atoms with van der Waals surface area (Å²) in [5.41, 5.74) is 0.722. The second-order valence-corrected chi connectivity index (χ2v) is 3.52. The van der Waals surface area contributed by atoms with Crippen molar-refractivity contribution in [3.63, 3.8) is 0 Å². The lowest BCUT2D eigenvalue weighted by atomic mass is 9.64. The summed E-state index contributed by atoms with van der Waals surface area (Å²) in [5, 5.41) is 3.42. The number of rotatable bonds is 0. The van der Waals surface area contributed by atoms with Gasteiger partial charge in [0.15, 0.2) is 0 Å². The molecule has 0 bridgehead atoms. The highest BCUT2D eigenvalue weighted by Gasteiger charge is 2.45.